The van der Waals surface area contributed by atoms with E-state index in [-0.39, 0.29) is 0 Å². The summed E-state index contributed by atoms with van der Waals surface area (Å²) in [4.78, 5) is 2.44. The van der Waals surface area contributed by atoms with Crippen molar-refractivity contribution in [2.75, 3.05) is 13.1 Å². The molecule has 86 valence electrons. The SMILES string of the molecule is [CH]C1CCN(Cc2ccc3ccccc3c2)C1. The zero-order valence-electron chi connectivity index (χ0n) is 9.97. The lowest BCUT2D eigenvalue weighted by Gasteiger charge is -2.15. The molecule has 1 aliphatic heterocycles. The van der Waals surface area contributed by atoms with Crippen molar-refractivity contribution < 1.29 is 0 Å². The molecule has 2 aromatic carbocycles. The van der Waals surface area contributed by atoms with Gasteiger partial charge in [-0.2, -0.15) is 0 Å². The van der Waals surface area contributed by atoms with Crippen LogP contribution >= 0.6 is 0 Å². The standard InChI is InChI=1S/C16H17N/c1-13-8-9-17(11-13)12-14-6-7-15-4-2-3-5-16(15)10-14/h1-7,10,13H,8-9,11-12H2. The van der Waals surface area contributed by atoms with Crippen molar-refractivity contribution in [1.82, 2.24) is 4.90 Å². The van der Waals surface area contributed by atoms with E-state index in [9.17, 15) is 0 Å². The lowest BCUT2D eigenvalue weighted by atomic mass is 10.1. The van der Waals surface area contributed by atoms with E-state index in [1.165, 1.54) is 16.3 Å². The van der Waals surface area contributed by atoms with E-state index >= 15 is 0 Å². The fraction of sp³-hybridized carbons (Fsp3) is 0.312. The molecule has 0 bridgehead atoms. The largest absolute Gasteiger partial charge is 0.299 e. The van der Waals surface area contributed by atoms with Crippen LogP contribution in [0.2, 0.25) is 0 Å². The van der Waals surface area contributed by atoms with Gasteiger partial charge in [0.2, 0.25) is 0 Å². The number of likely N-dealkylation sites (tertiary alicyclic amines) is 1. The summed E-state index contributed by atoms with van der Waals surface area (Å²) in [6.07, 6.45) is 1.13. The molecule has 2 aromatic rings. The first-order chi connectivity index (χ1) is 8.31. The van der Waals surface area contributed by atoms with Gasteiger partial charge in [-0.15, -0.1) is 0 Å². The van der Waals surface area contributed by atoms with Crippen LogP contribution in [0.4, 0.5) is 0 Å². The number of nitrogens with zero attached hydrogens (tertiary/aromatic N) is 1. The molecule has 0 saturated carbocycles. The summed E-state index contributed by atoms with van der Waals surface area (Å²) in [6, 6.07) is 15.2. The highest BCUT2D eigenvalue weighted by Crippen LogP contribution is 2.20. The molecule has 0 amide bonds. The summed E-state index contributed by atoms with van der Waals surface area (Å²) in [6.45, 7) is 9.12. The minimum Gasteiger partial charge on any atom is -0.299 e. The number of fused-ring (bicyclic) bond motifs is 1. The fourth-order valence-electron chi connectivity index (χ4n) is 2.60. The van der Waals surface area contributed by atoms with E-state index in [1.54, 1.807) is 0 Å². The molecular formula is C16H17N. The Balaban J connectivity index is 1.81. The van der Waals surface area contributed by atoms with Gasteiger partial charge in [-0.05, 0) is 48.2 Å². The smallest absolute Gasteiger partial charge is 0.0234 e. The Kier molecular flexibility index (Phi) is 2.86. The quantitative estimate of drug-likeness (QED) is 0.754. The number of benzene rings is 2. The number of hydrogen-bond donors (Lipinski definition) is 0. The first-order valence-corrected chi connectivity index (χ1v) is 6.27. The topological polar surface area (TPSA) is 3.24 Å². The molecular weight excluding hydrogens is 206 g/mol. The molecule has 0 aliphatic carbocycles. The van der Waals surface area contributed by atoms with Gasteiger partial charge in [-0.1, -0.05) is 36.4 Å². The fourth-order valence-corrected chi connectivity index (χ4v) is 2.60. The zero-order chi connectivity index (χ0) is 11.7. The highest BCUT2D eigenvalue weighted by Gasteiger charge is 2.18. The van der Waals surface area contributed by atoms with Crippen molar-refractivity contribution >= 4 is 10.8 Å². The lowest BCUT2D eigenvalue weighted by molar-refractivity contribution is 0.324. The zero-order valence-corrected chi connectivity index (χ0v) is 9.97. The van der Waals surface area contributed by atoms with E-state index in [0.29, 0.717) is 5.92 Å². The summed E-state index contributed by atoms with van der Waals surface area (Å²) in [5, 5.41) is 2.64. The van der Waals surface area contributed by atoms with Gasteiger partial charge < -0.3 is 0 Å². The van der Waals surface area contributed by atoms with E-state index in [0.717, 1.165) is 26.1 Å². The number of hydrogen-bond acceptors (Lipinski definition) is 1. The van der Waals surface area contributed by atoms with Crippen LogP contribution in [0.5, 0.6) is 0 Å². The van der Waals surface area contributed by atoms with Crippen LogP contribution in [-0.4, -0.2) is 18.0 Å². The Labute approximate surface area is 103 Å². The molecule has 0 aromatic heterocycles. The van der Waals surface area contributed by atoms with Crippen LogP contribution in [0.1, 0.15) is 12.0 Å². The molecule has 1 unspecified atom stereocenters. The summed E-state index contributed by atoms with van der Waals surface area (Å²) in [5.74, 6) is 0.371. The molecule has 1 heteroatoms. The molecule has 3 rings (SSSR count). The first-order valence-electron chi connectivity index (χ1n) is 6.27. The Morgan fingerprint density at radius 2 is 1.94 bits per heavy atom. The van der Waals surface area contributed by atoms with Gasteiger partial charge in [0.05, 0.1) is 0 Å². The van der Waals surface area contributed by atoms with E-state index in [4.69, 9.17) is 6.92 Å². The van der Waals surface area contributed by atoms with Crippen LogP contribution in [-0.2, 0) is 6.54 Å². The Bertz CT molecular complexity index is 518. The van der Waals surface area contributed by atoms with Gasteiger partial charge in [0.15, 0.2) is 0 Å². The van der Waals surface area contributed by atoms with Crippen molar-refractivity contribution in [1.29, 1.82) is 0 Å². The number of rotatable bonds is 2. The molecule has 17 heavy (non-hydrogen) atoms. The van der Waals surface area contributed by atoms with Gasteiger partial charge in [-0.3, -0.25) is 4.90 Å². The van der Waals surface area contributed by atoms with E-state index in [2.05, 4.69) is 47.4 Å². The monoisotopic (exact) mass is 223 g/mol. The van der Waals surface area contributed by atoms with Crippen molar-refractivity contribution in [3.05, 3.63) is 55.0 Å². The summed E-state index contributed by atoms with van der Waals surface area (Å²) in [5.41, 5.74) is 1.39. The van der Waals surface area contributed by atoms with Crippen LogP contribution < -0.4 is 0 Å². The minimum atomic E-state index is 0.371. The molecule has 1 fully saturated rings. The third kappa shape index (κ3) is 2.34. The maximum absolute atomic E-state index is 5.93. The van der Waals surface area contributed by atoms with Crippen molar-refractivity contribution in [3.63, 3.8) is 0 Å². The predicted molar refractivity (Wildman–Crippen MR) is 71.6 cm³/mol. The predicted octanol–water partition coefficient (Wildman–Crippen LogP) is 3.37. The van der Waals surface area contributed by atoms with Gasteiger partial charge in [0.1, 0.15) is 0 Å². The Morgan fingerprint density at radius 1 is 1.12 bits per heavy atom. The second kappa shape index (κ2) is 4.50. The molecule has 1 saturated heterocycles. The van der Waals surface area contributed by atoms with Crippen LogP contribution in [0.15, 0.2) is 42.5 Å². The van der Waals surface area contributed by atoms with Crippen molar-refractivity contribution in [3.8, 4) is 0 Å². The summed E-state index contributed by atoms with van der Waals surface area (Å²) in [7, 11) is 0. The molecule has 1 nitrogen and oxygen atoms in total. The maximum Gasteiger partial charge on any atom is 0.0234 e. The maximum atomic E-state index is 5.93. The molecule has 1 aliphatic rings. The Morgan fingerprint density at radius 3 is 2.71 bits per heavy atom. The highest BCUT2D eigenvalue weighted by atomic mass is 15.1. The van der Waals surface area contributed by atoms with Gasteiger partial charge in [0, 0.05) is 13.1 Å². The van der Waals surface area contributed by atoms with Gasteiger partial charge in [0.25, 0.3) is 0 Å². The van der Waals surface area contributed by atoms with Crippen LogP contribution in [0, 0.1) is 12.8 Å². The molecule has 2 radical (unpaired) electrons. The second-order valence-corrected chi connectivity index (χ2v) is 4.97. The Hall–Kier alpha value is -1.34. The van der Waals surface area contributed by atoms with Crippen LogP contribution in [0.3, 0.4) is 0 Å². The van der Waals surface area contributed by atoms with Crippen molar-refractivity contribution in [2.45, 2.75) is 13.0 Å². The molecule has 1 atom stereocenters. The van der Waals surface area contributed by atoms with Crippen LogP contribution in [0.25, 0.3) is 10.8 Å². The van der Waals surface area contributed by atoms with Gasteiger partial charge in [-0.25, -0.2) is 0 Å². The third-order valence-corrected chi connectivity index (χ3v) is 3.53. The molecule has 1 heterocycles. The first kappa shape index (κ1) is 10.8. The molecule has 0 N–H and O–H groups in total. The average molecular weight is 223 g/mol. The van der Waals surface area contributed by atoms with E-state index in [1.807, 2.05) is 0 Å². The normalized spacial score (nSPS) is 21.1. The second-order valence-electron chi connectivity index (χ2n) is 4.97. The molecule has 0 spiro atoms. The lowest BCUT2D eigenvalue weighted by Crippen LogP contribution is -2.19. The summed E-state index contributed by atoms with van der Waals surface area (Å²) < 4.78 is 0. The average Bonchev–Trinajstić information content (AvgIpc) is 2.75. The van der Waals surface area contributed by atoms with E-state index < -0.39 is 0 Å². The van der Waals surface area contributed by atoms with Gasteiger partial charge >= 0.3 is 0 Å². The summed E-state index contributed by atoms with van der Waals surface area (Å²) >= 11 is 0. The minimum absolute atomic E-state index is 0.371. The third-order valence-electron chi connectivity index (χ3n) is 3.53. The highest BCUT2D eigenvalue weighted by molar-refractivity contribution is 5.82. The van der Waals surface area contributed by atoms with Crippen molar-refractivity contribution in [2.24, 2.45) is 5.92 Å².